The van der Waals surface area contributed by atoms with Gasteiger partial charge in [-0.15, -0.1) is 0 Å². The maximum atomic E-state index is 11.9. The van der Waals surface area contributed by atoms with E-state index in [0.29, 0.717) is 25.8 Å². The van der Waals surface area contributed by atoms with Gasteiger partial charge in [0.1, 0.15) is 6.04 Å². The Kier molecular flexibility index (Phi) is 14.1. The molecular weight excluding hydrogens is 417 g/mol. The Balaban J connectivity index is 0. The Labute approximate surface area is 169 Å². The molecule has 30 heavy (non-hydrogen) atoms. The molecule has 13 N–H and O–H groups in total. The number of hydrogen-bond donors (Lipinski definition) is 8. The third-order valence-corrected chi connectivity index (χ3v) is 3.11. The molecule has 0 rings (SSSR count). The SMILES string of the molecule is NC(N)=NCCCC(N)C(=O)NC(CCCN=C(N)N)C(=O)O.O=C(O)C(F)(F)F. The van der Waals surface area contributed by atoms with Crippen LogP contribution in [0.3, 0.4) is 0 Å². The van der Waals surface area contributed by atoms with E-state index in [2.05, 4.69) is 15.3 Å². The molecule has 0 saturated heterocycles. The monoisotopic (exact) mass is 444 g/mol. The van der Waals surface area contributed by atoms with Gasteiger partial charge in [-0.3, -0.25) is 14.8 Å². The summed E-state index contributed by atoms with van der Waals surface area (Å²) in [5.41, 5.74) is 26.4. The zero-order chi connectivity index (χ0) is 23.9. The molecule has 16 heteroatoms. The smallest absolute Gasteiger partial charge is 0.480 e. The molecular formula is C14H27F3N8O5. The molecule has 0 aromatic rings. The molecule has 0 aromatic carbocycles. The lowest BCUT2D eigenvalue weighted by atomic mass is 10.1. The van der Waals surface area contributed by atoms with Gasteiger partial charge in [-0.1, -0.05) is 0 Å². The number of aliphatic imine (C=N–C) groups is 2. The second-order valence-corrected chi connectivity index (χ2v) is 5.71. The summed E-state index contributed by atoms with van der Waals surface area (Å²) in [6.07, 6.45) is -3.63. The van der Waals surface area contributed by atoms with Crippen LogP contribution in [-0.4, -0.2) is 71.3 Å². The van der Waals surface area contributed by atoms with Crippen LogP contribution in [0.15, 0.2) is 9.98 Å². The van der Waals surface area contributed by atoms with Crippen LogP contribution in [0.5, 0.6) is 0 Å². The van der Waals surface area contributed by atoms with Crippen molar-refractivity contribution in [1.29, 1.82) is 0 Å². The molecule has 0 aliphatic heterocycles. The number of hydrogen-bond acceptors (Lipinski definition) is 6. The maximum Gasteiger partial charge on any atom is 0.490 e. The molecule has 0 spiro atoms. The third-order valence-electron chi connectivity index (χ3n) is 3.11. The highest BCUT2D eigenvalue weighted by Gasteiger charge is 2.38. The van der Waals surface area contributed by atoms with E-state index in [-0.39, 0.29) is 24.9 Å². The van der Waals surface area contributed by atoms with Crippen molar-refractivity contribution in [2.24, 2.45) is 38.7 Å². The molecule has 0 heterocycles. The van der Waals surface area contributed by atoms with Crippen molar-refractivity contribution >= 4 is 29.8 Å². The molecule has 0 radical (unpaired) electrons. The molecule has 0 aliphatic carbocycles. The van der Waals surface area contributed by atoms with Crippen LogP contribution in [0.1, 0.15) is 25.7 Å². The van der Waals surface area contributed by atoms with Crippen molar-refractivity contribution in [3.05, 3.63) is 0 Å². The van der Waals surface area contributed by atoms with Crippen molar-refractivity contribution in [3.8, 4) is 0 Å². The number of amides is 1. The van der Waals surface area contributed by atoms with Crippen LogP contribution in [-0.2, 0) is 14.4 Å². The molecule has 1 amide bonds. The van der Waals surface area contributed by atoms with Crippen LogP contribution in [0, 0.1) is 0 Å². The van der Waals surface area contributed by atoms with Gasteiger partial charge in [0.15, 0.2) is 11.9 Å². The van der Waals surface area contributed by atoms with Crippen molar-refractivity contribution in [1.82, 2.24) is 5.32 Å². The van der Waals surface area contributed by atoms with Gasteiger partial charge in [-0.2, -0.15) is 13.2 Å². The van der Waals surface area contributed by atoms with Crippen LogP contribution in [0.2, 0.25) is 0 Å². The lowest BCUT2D eigenvalue weighted by molar-refractivity contribution is -0.192. The summed E-state index contributed by atoms with van der Waals surface area (Å²) >= 11 is 0. The number of guanidine groups is 2. The van der Waals surface area contributed by atoms with Gasteiger partial charge in [0.05, 0.1) is 6.04 Å². The number of halogens is 3. The first-order valence-corrected chi connectivity index (χ1v) is 8.38. The predicted octanol–water partition coefficient (Wildman–Crippen LogP) is -2.38. The van der Waals surface area contributed by atoms with Crippen molar-refractivity contribution in [3.63, 3.8) is 0 Å². The lowest BCUT2D eigenvalue weighted by Crippen LogP contribution is -2.48. The Bertz CT molecular complexity index is 619. The second-order valence-electron chi connectivity index (χ2n) is 5.71. The normalized spacial score (nSPS) is 12.4. The number of nitrogens with one attached hydrogen (secondary N) is 1. The number of rotatable bonds is 11. The van der Waals surface area contributed by atoms with Gasteiger partial charge in [0.2, 0.25) is 5.91 Å². The Hall–Kier alpha value is -3.30. The second kappa shape index (κ2) is 14.7. The Morgan fingerprint density at radius 3 is 1.63 bits per heavy atom. The average Bonchev–Trinajstić information content (AvgIpc) is 2.59. The first kappa shape index (κ1) is 28.9. The third kappa shape index (κ3) is 16.8. The fourth-order valence-corrected chi connectivity index (χ4v) is 1.69. The van der Waals surface area contributed by atoms with E-state index >= 15 is 0 Å². The van der Waals surface area contributed by atoms with Gasteiger partial charge in [-0.05, 0) is 25.7 Å². The number of carbonyl (C=O) groups excluding carboxylic acids is 1. The predicted molar refractivity (Wildman–Crippen MR) is 101 cm³/mol. The molecule has 174 valence electrons. The summed E-state index contributed by atoms with van der Waals surface area (Å²) in [6.45, 7) is 0.636. The Morgan fingerprint density at radius 2 is 1.30 bits per heavy atom. The summed E-state index contributed by atoms with van der Waals surface area (Å²) in [4.78, 5) is 39.4. The van der Waals surface area contributed by atoms with Crippen LogP contribution in [0.4, 0.5) is 13.2 Å². The zero-order valence-corrected chi connectivity index (χ0v) is 15.9. The summed E-state index contributed by atoms with van der Waals surface area (Å²) in [6, 6.07) is -1.87. The first-order chi connectivity index (χ1) is 13.7. The average molecular weight is 444 g/mol. The van der Waals surface area contributed by atoms with Crippen LogP contribution >= 0.6 is 0 Å². The van der Waals surface area contributed by atoms with E-state index in [1.54, 1.807) is 0 Å². The van der Waals surface area contributed by atoms with Gasteiger partial charge >= 0.3 is 18.1 Å². The number of carbonyl (C=O) groups is 3. The van der Waals surface area contributed by atoms with E-state index in [1.165, 1.54) is 0 Å². The van der Waals surface area contributed by atoms with Gasteiger partial charge < -0.3 is 44.2 Å². The highest BCUT2D eigenvalue weighted by molar-refractivity contribution is 5.86. The molecule has 13 nitrogen and oxygen atoms in total. The number of aliphatic carboxylic acids is 2. The standard InChI is InChI=1S/C12H26N8O3.C2HF3O2/c13-7(3-1-5-18-11(14)15)9(21)20-8(10(22)23)4-2-6-19-12(16)17;3-2(4,5)1(6)7/h7-8H,1-6,13H2,(H,20,21)(H,22,23)(H4,14,15,18)(H4,16,17,19);(H,6,7). The molecule has 0 bridgehead atoms. The molecule has 2 unspecified atom stereocenters. The summed E-state index contributed by atoms with van der Waals surface area (Å²) in [7, 11) is 0. The lowest BCUT2D eigenvalue weighted by Gasteiger charge is -2.17. The quantitative estimate of drug-likeness (QED) is 0.0953. The number of nitrogens with two attached hydrogens (primary N) is 5. The van der Waals surface area contributed by atoms with E-state index in [4.69, 9.17) is 43.7 Å². The molecule has 0 aliphatic rings. The zero-order valence-electron chi connectivity index (χ0n) is 15.9. The topological polar surface area (TPSA) is 259 Å². The summed E-state index contributed by atoms with van der Waals surface area (Å²) in [5.74, 6) is -4.54. The van der Waals surface area contributed by atoms with Gasteiger partial charge in [0, 0.05) is 13.1 Å². The summed E-state index contributed by atoms with van der Waals surface area (Å²) < 4.78 is 31.7. The number of nitrogens with zero attached hydrogens (tertiary/aromatic N) is 2. The van der Waals surface area contributed by atoms with Crippen molar-refractivity contribution in [2.45, 2.75) is 43.9 Å². The minimum atomic E-state index is -5.08. The van der Waals surface area contributed by atoms with Crippen LogP contribution in [0.25, 0.3) is 0 Å². The number of carboxylic acids is 2. The van der Waals surface area contributed by atoms with Gasteiger partial charge in [-0.25, -0.2) is 9.59 Å². The molecule has 0 aromatic heterocycles. The van der Waals surface area contributed by atoms with E-state index < -0.39 is 36.1 Å². The highest BCUT2D eigenvalue weighted by atomic mass is 19.4. The van der Waals surface area contributed by atoms with Crippen LogP contribution < -0.4 is 34.0 Å². The largest absolute Gasteiger partial charge is 0.490 e. The minimum absolute atomic E-state index is 0.0326. The van der Waals surface area contributed by atoms with E-state index in [1.807, 2.05) is 0 Å². The highest BCUT2D eigenvalue weighted by Crippen LogP contribution is 2.13. The van der Waals surface area contributed by atoms with Gasteiger partial charge in [0.25, 0.3) is 0 Å². The van der Waals surface area contributed by atoms with E-state index in [0.717, 1.165) is 0 Å². The fourth-order valence-electron chi connectivity index (χ4n) is 1.69. The number of alkyl halides is 3. The fraction of sp³-hybridized carbons (Fsp3) is 0.643. The molecule has 2 atom stereocenters. The van der Waals surface area contributed by atoms with E-state index in [9.17, 15) is 22.8 Å². The Morgan fingerprint density at radius 1 is 0.900 bits per heavy atom. The minimum Gasteiger partial charge on any atom is -0.480 e. The molecule has 0 saturated carbocycles. The summed E-state index contributed by atoms with van der Waals surface area (Å²) in [5, 5.41) is 18.6. The maximum absolute atomic E-state index is 11.9. The first-order valence-electron chi connectivity index (χ1n) is 8.38. The number of carboxylic acid groups (broad SMARTS) is 2. The van der Waals surface area contributed by atoms with Crippen molar-refractivity contribution < 1.29 is 37.8 Å². The molecule has 0 fully saturated rings. The van der Waals surface area contributed by atoms with Crippen molar-refractivity contribution in [2.75, 3.05) is 13.1 Å².